The van der Waals surface area contributed by atoms with Crippen LogP contribution in [-0.4, -0.2) is 4.57 Å². The van der Waals surface area contributed by atoms with E-state index in [1.807, 2.05) is 0 Å². The topological polar surface area (TPSA) is 4.93 Å². The highest BCUT2D eigenvalue weighted by atomic mass is 15.0. The third-order valence-corrected chi connectivity index (χ3v) is 9.19. The van der Waals surface area contributed by atoms with Gasteiger partial charge in [-0.3, -0.25) is 0 Å². The fourth-order valence-electron chi connectivity index (χ4n) is 7.01. The Morgan fingerprint density at radius 3 is 1.70 bits per heavy atom. The van der Waals surface area contributed by atoms with Crippen LogP contribution in [0.25, 0.3) is 71.3 Å². The molecule has 0 bridgehead atoms. The Balaban J connectivity index is 1.36. The minimum Gasteiger partial charge on any atom is -0.309 e. The van der Waals surface area contributed by atoms with Crippen molar-refractivity contribution in [3.63, 3.8) is 0 Å². The molecule has 0 aliphatic rings. The Hall–Kier alpha value is -5.14. The smallest absolute Gasteiger partial charge is 0.0541 e. The number of aryl methyl sites for hydroxylation is 1. The van der Waals surface area contributed by atoms with Gasteiger partial charge in [-0.05, 0) is 92.0 Å². The van der Waals surface area contributed by atoms with Crippen LogP contribution in [0.4, 0.5) is 0 Å². The summed E-state index contributed by atoms with van der Waals surface area (Å²) in [4.78, 5) is 0. The monoisotopic (exact) mass is 565 g/mol. The molecule has 212 valence electrons. The minimum absolute atomic E-state index is 0.0964. The molecule has 8 aromatic rings. The second kappa shape index (κ2) is 9.96. The minimum atomic E-state index is 0.0964. The van der Waals surface area contributed by atoms with Crippen LogP contribution in [-0.2, 0) is 5.41 Å². The summed E-state index contributed by atoms with van der Waals surface area (Å²) in [5.41, 5.74) is 11.5. The quantitative estimate of drug-likeness (QED) is 0.188. The molecular weight excluding hydrogens is 530 g/mol. The van der Waals surface area contributed by atoms with Crippen molar-refractivity contribution >= 4 is 43.4 Å². The van der Waals surface area contributed by atoms with Gasteiger partial charge in [-0.15, -0.1) is 0 Å². The average molecular weight is 566 g/mol. The number of hydrogen-bond donors (Lipinski definition) is 0. The van der Waals surface area contributed by atoms with E-state index in [4.69, 9.17) is 0 Å². The van der Waals surface area contributed by atoms with Crippen molar-refractivity contribution in [2.45, 2.75) is 33.1 Å². The largest absolute Gasteiger partial charge is 0.309 e. The van der Waals surface area contributed by atoms with Crippen molar-refractivity contribution in [2.75, 3.05) is 0 Å². The molecule has 0 amide bonds. The number of rotatable bonds is 3. The first-order valence-electron chi connectivity index (χ1n) is 15.5. The lowest BCUT2D eigenvalue weighted by Gasteiger charge is -2.19. The van der Waals surface area contributed by atoms with Crippen LogP contribution >= 0.6 is 0 Å². The first kappa shape index (κ1) is 26.5. The summed E-state index contributed by atoms with van der Waals surface area (Å²) in [6.07, 6.45) is 0. The molecule has 0 atom stereocenters. The molecule has 0 aliphatic heterocycles. The third kappa shape index (κ3) is 4.15. The van der Waals surface area contributed by atoms with Crippen LogP contribution in [0.5, 0.6) is 0 Å². The van der Waals surface area contributed by atoms with Crippen molar-refractivity contribution in [1.29, 1.82) is 0 Å². The maximum atomic E-state index is 2.42. The summed E-state index contributed by atoms with van der Waals surface area (Å²) in [5.74, 6) is 0. The van der Waals surface area contributed by atoms with E-state index in [2.05, 4.69) is 172 Å². The summed E-state index contributed by atoms with van der Waals surface area (Å²) in [6, 6.07) is 51.6. The predicted octanol–water partition coefficient (Wildman–Crippen LogP) is 12.0. The van der Waals surface area contributed by atoms with Crippen LogP contribution in [0, 0.1) is 6.92 Å². The summed E-state index contributed by atoms with van der Waals surface area (Å²) in [5, 5.41) is 7.75. The number of benzene rings is 7. The van der Waals surface area contributed by atoms with E-state index in [1.165, 1.54) is 82.4 Å². The maximum Gasteiger partial charge on any atom is 0.0541 e. The first-order chi connectivity index (χ1) is 21.4. The predicted molar refractivity (Wildman–Crippen MR) is 190 cm³/mol. The number of aromatic nitrogens is 1. The van der Waals surface area contributed by atoms with Crippen LogP contribution < -0.4 is 0 Å². The van der Waals surface area contributed by atoms with E-state index in [9.17, 15) is 0 Å². The van der Waals surface area contributed by atoms with Crippen LogP contribution in [0.3, 0.4) is 0 Å². The van der Waals surface area contributed by atoms with Crippen molar-refractivity contribution in [1.82, 2.24) is 4.57 Å². The van der Waals surface area contributed by atoms with Crippen molar-refractivity contribution in [2.24, 2.45) is 0 Å². The van der Waals surface area contributed by atoms with Gasteiger partial charge in [0, 0.05) is 16.5 Å². The number of hydrogen-bond acceptors (Lipinski definition) is 0. The van der Waals surface area contributed by atoms with E-state index in [1.54, 1.807) is 0 Å². The molecule has 1 heteroatoms. The van der Waals surface area contributed by atoms with Crippen LogP contribution in [0.1, 0.15) is 31.9 Å². The van der Waals surface area contributed by atoms with E-state index in [0.29, 0.717) is 0 Å². The normalized spacial score (nSPS) is 12.1. The van der Waals surface area contributed by atoms with Gasteiger partial charge in [0.2, 0.25) is 0 Å². The Kier molecular flexibility index (Phi) is 6.00. The van der Waals surface area contributed by atoms with Crippen molar-refractivity contribution in [3.05, 3.63) is 151 Å². The molecule has 0 saturated carbocycles. The van der Waals surface area contributed by atoms with Gasteiger partial charge in [0.25, 0.3) is 0 Å². The molecule has 7 aromatic carbocycles. The molecule has 0 saturated heterocycles. The summed E-state index contributed by atoms with van der Waals surface area (Å²) in [7, 11) is 0. The van der Waals surface area contributed by atoms with E-state index in [0.717, 1.165) is 0 Å². The van der Waals surface area contributed by atoms with Crippen LogP contribution in [0.2, 0.25) is 0 Å². The Labute approximate surface area is 259 Å². The molecule has 0 spiro atoms. The standard InChI is InChI=1S/C43H35N/c1-28-18-24-36-38(26-28)42(29-12-6-5-7-13-29)35-16-9-8-15-34(35)41(36)30-19-22-32(23-20-30)44-39-17-11-10-14-33(39)37-27-31(43(2,3)4)21-25-40(37)44/h5-27H,1-4H3. The Morgan fingerprint density at radius 2 is 1.00 bits per heavy atom. The molecule has 1 aromatic heterocycles. The molecule has 0 fully saturated rings. The second-order valence-corrected chi connectivity index (χ2v) is 13.1. The number of nitrogens with zero attached hydrogens (tertiary/aromatic N) is 1. The van der Waals surface area contributed by atoms with Crippen LogP contribution in [0.15, 0.2) is 140 Å². The van der Waals surface area contributed by atoms with E-state index >= 15 is 0 Å². The summed E-state index contributed by atoms with van der Waals surface area (Å²) < 4.78 is 2.42. The second-order valence-electron chi connectivity index (χ2n) is 13.1. The van der Waals surface area contributed by atoms with Gasteiger partial charge in [0.15, 0.2) is 0 Å². The highest BCUT2D eigenvalue weighted by molar-refractivity contribution is 6.21. The van der Waals surface area contributed by atoms with Crippen molar-refractivity contribution in [3.8, 4) is 27.9 Å². The van der Waals surface area contributed by atoms with E-state index < -0.39 is 0 Å². The number of para-hydroxylation sites is 1. The molecule has 8 rings (SSSR count). The van der Waals surface area contributed by atoms with Gasteiger partial charge >= 0.3 is 0 Å². The molecule has 44 heavy (non-hydrogen) atoms. The molecule has 1 nitrogen and oxygen atoms in total. The fraction of sp³-hybridized carbons (Fsp3) is 0.116. The van der Waals surface area contributed by atoms with Gasteiger partial charge in [-0.25, -0.2) is 0 Å². The molecule has 0 radical (unpaired) electrons. The van der Waals surface area contributed by atoms with E-state index in [-0.39, 0.29) is 5.41 Å². The zero-order chi connectivity index (χ0) is 30.0. The van der Waals surface area contributed by atoms with Gasteiger partial charge in [-0.1, -0.05) is 136 Å². The average Bonchev–Trinajstić information content (AvgIpc) is 3.37. The number of fused-ring (bicyclic) bond motifs is 5. The Bertz CT molecular complexity index is 2350. The highest BCUT2D eigenvalue weighted by Crippen LogP contribution is 2.44. The Morgan fingerprint density at radius 1 is 0.432 bits per heavy atom. The van der Waals surface area contributed by atoms with Crippen molar-refractivity contribution < 1.29 is 0 Å². The summed E-state index contributed by atoms with van der Waals surface area (Å²) >= 11 is 0. The molecule has 0 unspecified atom stereocenters. The molecule has 1 heterocycles. The lowest BCUT2D eigenvalue weighted by Crippen LogP contribution is -2.10. The van der Waals surface area contributed by atoms with Gasteiger partial charge in [0.1, 0.15) is 0 Å². The lowest BCUT2D eigenvalue weighted by molar-refractivity contribution is 0.591. The lowest BCUT2D eigenvalue weighted by atomic mass is 9.85. The molecule has 0 aliphatic carbocycles. The van der Waals surface area contributed by atoms with Gasteiger partial charge in [0.05, 0.1) is 11.0 Å². The molecule has 0 N–H and O–H groups in total. The van der Waals surface area contributed by atoms with Gasteiger partial charge < -0.3 is 4.57 Å². The zero-order valence-corrected chi connectivity index (χ0v) is 25.7. The SMILES string of the molecule is Cc1ccc2c(-c3ccc(-n4c5ccccc5c5cc(C(C)(C)C)ccc54)cc3)c3ccccc3c(-c3ccccc3)c2c1. The fourth-order valence-corrected chi connectivity index (χ4v) is 7.01. The maximum absolute atomic E-state index is 2.42. The zero-order valence-electron chi connectivity index (χ0n) is 25.7. The third-order valence-electron chi connectivity index (χ3n) is 9.19. The highest BCUT2D eigenvalue weighted by Gasteiger charge is 2.19. The molecular formula is C43H35N. The van der Waals surface area contributed by atoms with Gasteiger partial charge in [-0.2, -0.15) is 0 Å². The summed E-state index contributed by atoms with van der Waals surface area (Å²) in [6.45, 7) is 9.04. The first-order valence-corrected chi connectivity index (χ1v) is 15.5.